The largest absolute Gasteiger partial charge is 0.529 e. The van der Waals surface area contributed by atoms with Gasteiger partial charge in [0.05, 0.1) is 6.61 Å². The van der Waals surface area contributed by atoms with Gasteiger partial charge in [-0.05, 0) is 33.4 Å². The molecule has 0 aromatic heterocycles. The fraction of sp³-hybridized carbons (Fsp3) is 0.727. The van der Waals surface area contributed by atoms with E-state index in [1.165, 1.54) is 6.08 Å². The summed E-state index contributed by atoms with van der Waals surface area (Å²) >= 11 is 0. The zero-order chi connectivity index (χ0) is 13.1. The standard InChI is InChI=1S/C11H22O5Si/c1-5-13-11(12)9-10-17(14-6-2,15-7-3)16-8-4/h9-10H,5-8H2,1-4H3/b10-9+. The molecule has 0 aromatic rings. The van der Waals surface area contributed by atoms with E-state index in [0.717, 1.165) is 0 Å². The topological polar surface area (TPSA) is 54.0 Å². The van der Waals surface area contributed by atoms with E-state index >= 15 is 0 Å². The molecule has 0 aliphatic rings. The van der Waals surface area contributed by atoms with Crippen molar-refractivity contribution in [1.82, 2.24) is 0 Å². The van der Waals surface area contributed by atoms with Gasteiger partial charge in [-0.15, -0.1) is 0 Å². The van der Waals surface area contributed by atoms with Crippen LogP contribution in [0.1, 0.15) is 27.7 Å². The number of hydrogen-bond donors (Lipinski definition) is 0. The first-order chi connectivity index (χ1) is 8.14. The van der Waals surface area contributed by atoms with Gasteiger partial charge in [0.1, 0.15) is 0 Å². The molecule has 0 bridgehead atoms. The minimum absolute atomic E-state index is 0.343. The lowest BCUT2D eigenvalue weighted by Crippen LogP contribution is -2.44. The Morgan fingerprint density at radius 2 is 1.41 bits per heavy atom. The summed E-state index contributed by atoms with van der Waals surface area (Å²) in [6.45, 7) is 9.09. The van der Waals surface area contributed by atoms with E-state index in [1.54, 1.807) is 12.6 Å². The molecule has 0 radical (unpaired) electrons. The molecule has 0 atom stereocenters. The molecule has 0 aliphatic carbocycles. The second-order valence-corrected chi connectivity index (χ2v) is 5.39. The van der Waals surface area contributed by atoms with Gasteiger partial charge in [0, 0.05) is 25.9 Å². The zero-order valence-electron chi connectivity index (χ0n) is 11.0. The normalized spacial score (nSPS) is 12.0. The molecule has 0 rings (SSSR count). The van der Waals surface area contributed by atoms with Crippen molar-refractivity contribution in [3.8, 4) is 0 Å². The molecule has 0 saturated heterocycles. The fourth-order valence-corrected chi connectivity index (χ4v) is 3.32. The van der Waals surface area contributed by atoms with Gasteiger partial charge < -0.3 is 18.0 Å². The summed E-state index contributed by atoms with van der Waals surface area (Å²) in [6, 6.07) is 0. The number of esters is 1. The molecule has 100 valence electrons. The Bertz CT molecular complexity index is 225. The molecule has 0 spiro atoms. The van der Waals surface area contributed by atoms with Crippen LogP contribution >= 0.6 is 0 Å². The monoisotopic (exact) mass is 262 g/mol. The Balaban J connectivity index is 4.68. The molecule has 0 heterocycles. The molecule has 0 fully saturated rings. The summed E-state index contributed by atoms with van der Waals surface area (Å²) < 4.78 is 21.4. The van der Waals surface area contributed by atoms with Gasteiger partial charge in [-0.2, -0.15) is 0 Å². The van der Waals surface area contributed by atoms with Crippen molar-refractivity contribution >= 4 is 14.8 Å². The lowest BCUT2D eigenvalue weighted by Gasteiger charge is -2.24. The average molecular weight is 262 g/mol. The second-order valence-electron chi connectivity index (χ2n) is 2.99. The Hall–Kier alpha value is -0.693. The SMILES string of the molecule is CCOC(=O)/C=C/[Si](OCC)(OCC)OCC. The van der Waals surface area contributed by atoms with Gasteiger partial charge in [-0.25, -0.2) is 4.79 Å². The molecule has 0 unspecified atom stereocenters. The first kappa shape index (κ1) is 16.3. The van der Waals surface area contributed by atoms with E-state index in [0.29, 0.717) is 26.4 Å². The minimum atomic E-state index is -2.87. The van der Waals surface area contributed by atoms with Crippen LogP contribution in [0, 0.1) is 0 Å². The van der Waals surface area contributed by atoms with Crippen LogP contribution in [0.4, 0.5) is 0 Å². The molecular formula is C11H22O5Si. The van der Waals surface area contributed by atoms with Gasteiger partial charge in [0.15, 0.2) is 0 Å². The smallest absolute Gasteiger partial charge is 0.463 e. The van der Waals surface area contributed by atoms with Crippen LogP contribution in [0.3, 0.4) is 0 Å². The first-order valence-electron chi connectivity index (χ1n) is 5.91. The van der Waals surface area contributed by atoms with E-state index < -0.39 is 14.8 Å². The van der Waals surface area contributed by atoms with Crippen LogP contribution in [0.15, 0.2) is 11.8 Å². The number of carbonyl (C=O) groups excluding carboxylic acids is 1. The quantitative estimate of drug-likeness (QED) is 0.359. The molecule has 0 saturated carbocycles. The Morgan fingerprint density at radius 3 is 1.76 bits per heavy atom. The summed E-state index contributed by atoms with van der Waals surface area (Å²) in [5.74, 6) is -0.413. The van der Waals surface area contributed by atoms with Crippen LogP contribution in [0.2, 0.25) is 0 Å². The Labute approximate surface area is 104 Å². The van der Waals surface area contributed by atoms with Crippen molar-refractivity contribution in [2.24, 2.45) is 0 Å². The number of rotatable bonds is 9. The molecule has 5 nitrogen and oxygen atoms in total. The summed E-state index contributed by atoms with van der Waals surface area (Å²) in [4.78, 5) is 11.2. The third-order valence-corrected chi connectivity index (χ3v) is 4.39. The highest BCUT2D eigenvalue weighted by Gasteiger charge is 2.37. The van der Waals surface area contributed by atoms with Crippen molar-refractivity contribution in [2.75, 3.05) is 26.4 Å². The van der Waals surface area contributed by atoms with Crippen LogP contribution < -0.4 is 0 Å². The fourth-order valence-electron chi connectivity index (χ4n) is 1.23. The zero-order valence-corrected chi connectivity index (χ0v) is 12.0. The van der Waals surface area contributed by atoms with Crippen molar-refractivity contribution in [2.45, 2.75) is 27.7 Å². The highest BCUT2D eigenvalue weighted by Crippen LogP contribution is 2.12. The maximum absolute atomic E-state index is 11.2. The Morgan fingerprint density at radius 1 is 0.941 bits per heavy atom. The van der Waals surface area contributed by atoms with Gasteiger partial charge >= 0.3 is 14.8 Å². The highest BCUT2D eigenvalue weighted by molar-refractivity contribution is 6.66. The predicted octanol–water partition coefficient (Wildman–Crippen LogP) is 1.69. The third kappa shape index (κ3) is 6.57. The number of ether oxygens (including phenoxy) is 1. The molecule has 6 heteroatoms. The number of hydrogen-bond acceptors (Lipinski definition) is 5. The maximum atomic E-state index is 11.2. The van der Waals surface area contributed by atoms with Crippen molar-refractivity contribution in [1.29, 1.82) is 0 Å². The van der Waals surface area contributed by atoms with Crippen molar-refractivity contribution < 1.29 is 22.8 Å². The van der Waals surface area contributed by atoms with E-state index in [2.05, 4.69) is 0 Å². The second kappa shape index (κ2) is 9.35. The maximum Gasteiger partial charge on any atom is 0.529 e. The minimum Gasteiger partial charge on any atom is -0.463 e. The molecule has 0 amide bonds. The Kier molecular flexibility index (Phi) is 8.97. The lowest BCUT2D eigenvalue weighted by molar-refractivity contribution is -0.137. The molecular weight excluding hydrogens is 240 g/mol. The summed E-state index contributed by atoms with van der Waals surface area (Å²) in [5.41, 5.74) is 1.57. The van der Waals surface area contributed by atoms with E-state index in [4.69, 9.17) is 18.0 Å². The molecule has 0 N–H and O–H groups in total. The van der Waals surface area contributed by atoms with E-state index in [-0.39, 0.29) is 0 Å². The third-order valence-electron chi connectivity index (χ3n) is 1.75. The molecule has 17 heavy (non-hydrogen) atoms. The predicted molar refractivity (Wildman–Crippen MR) is 66.4 cm³/mol. The van der Waals surface area contributed by atoms with E-state index in [9.17, 15) is 4.79 Å². The van der Waals surface area contributed by atoms with Gasteiger partial charge in [0.2, 0.25) is 0 Å². The summed E-state index contributed by atoms with van der Waals surface area (Å²) in [5, 5.41) is 0. The summed E-state index contributed by atoms with van der Waals surface area (Å²) in [6.07, 6.45) is 1.32. The van der Waals surface area contributed by atoms with Gasteiger partial charge in [-0.3, -0.25) is 0 Å². The average Bonchev–Trinajstić information content (AvgIpc) is 2.28. The molecule has 0 aliphatic heterocycles. The van der Waals surface area contributed by atoms with Crippen LogP contribution in [-0.4, -0.2) is 41.2 Å². The van der Waals surface area contributed by atoms with Crippen molar-refractivity contribution in [3.63, 3.8) is 0 Å². The summed E-state index contributed by atoms with van der Waals surface area (Å²) in [7, 11) is -2.87. The lowest BCUT2D eigenvalue weighted by atomic mass is 10.6. The highest BCUT2D eigenvalue weighted by atomic mass is 28.4. The van der Waals surface area contributed by atoms with Gasteiger partial charge in [0.25, 0.3) is 0 Å². The van der Waals surface area contributed by atoms with Crippen LogP contribution in [0.25, 0.3) is 0 Å². The number of carbonyl (C=O) groups is 1. The van der Waals surface area contributed by atoms with Crippen LogP contribution in [0.5, 0.6) is 0 Å². The molecule has 0 aromatic carbocycles. The van der Waals surface area contributed by atoms with E-state index in [1.807, 2.05) is 20.8 Å². The van der Waals surface area contributed by atoms with Gasteiger partial charge in [-0.1, -0.05) is 0 Å². The van der Waals surface area contributed by atoms with Crippen LogP contribution in [-0.2, 0) is 22.8 Å². The van der Waals surface area contributed by atoms with Crippen molar-refractivity contribution in [3.05, 3.63) is 11.8 Å². The first-order valence-corrected chi connectivity index (χ1v) is 7.72.